The van der Waals surface area contributed by atoms with E-state index in [4.69, 9.17) is 0 Å². The number of aromatic amines is 1. The molecule has 0 bridgehead atoms. The molecule has 1 aromatic heterocycles. The Balaban J connectivity index is 1.89. The van der Waals surface area contributed by atoms with Crippen molar-refractivity contribution in [1.82, 2.24) is 14.8 Å². The van der Waals surface area contributed by atoms with Gasteiger partial charge in [0.1, 0.15) is 5.82 Å². The first-order valence-electron chi connectivity index (χ1n) is 9.83. The average molecular weight is 410 g/mol. The summed E-state index contributed by atoms with van der Waals surface area (Å²) in [6.45, 7) is 5.19. The number of aromatic nitrogens is 1. The average Bonchev–Trinajstić information content (AvgIpc) is 2.70. The fourth-order valence-electron chi connectivity index (χ4n) is 3.25. The van der Waals surface area contributed by atoms with E-state index in [1.165, 1.54) is 24.3 Å². The molecule has 0 saturated carbocycles. The van der Waals surface area contributed by atoms with Crippen LogP contribution in [0, 0.1) is 19.7 Å². The fraction of sp³-hybridized carbons (Fsp3) is 0.304. The number of H-pyrrole nitrogens is 1. The van der Waals surface area contributed by atoms with Gasteiger partial charge in [0.05, 0.1) is 12.1 Å². The third-order valence-corrected chi connectivity index (χ3v) is 5.08. The zero-order valence-corrected chi connectivity index (χ0v) is 17.8. The monoisotopic (exact) mass is 410 g/mol. The number of anilines is 1. The summed E-state index contributed by atoms with van der Waals surface area (Å²) < 4.78 is 13.1. The van der Waals surface area contributed by atoms with Gasteiger partial charge in [-0.25, -0.2) is 9.18 Å². The van der Waals surface area contributed by atoms with Gasteiger partial charge in [-0.1, -0.05) is 12.1 Å². The largest absolute Gasteiger partial charge is 0.322 e. The van der Waals surface area contributed by atoms with Gasteiger partial charge in [0.25, 0.3) is 5.56 Å². The highest BCUT2D eigenvalue weighted by Crippen LogP contribution is 2.20. The lowest BCUT2D eigenvalue weighted by Crippen LogP contribution is -2.40. The predicted octanol–water partition coefficient (Wildman–Crippen LogP) is 3.88. The van der Waals surface area contributed by atoms with E-state index in [1.807, 2.05) is 51.0 Å². The van der Waals surface area contributed by atoms with Crippen molar-refractivity contribution in [3.63, 3.8) is 0 Å². The van der Waals surface area contributed by atoms with Crippen molar-refractivity contribution < 1.29 is 9.18 Å². The number of urea groups is 1. The van der Waals surface area contributed by atoms with Gasteiger partial charge in [0, 0.05) is 29.7 Å². The highest BCUT2D eigenvalue weighted by Gasteiger charge is 2.17. The number of likely N-dealkylation sites (N-methyl/N-ethyl adjacent to an activating group) is 1. The molecule has 0 spiro atoms. The van der Waals surface area contributed by atoms with Gasteiger partial charge in [-0.05, 0) is 69.4 Å². The quantitative estimate of drug-likeness (QED) is 0.648. The molecule has 0 aliphatic carbocycles. The minimum atomic E-state index is -0.370. The molecule has 0 unspecified atom stereocenters. The van der Waals surface area contributed by atoms with Crippen molar-refractivity contribution >= 4 is 22.6 Å². The number of carbonyl (C=O) groups is 1. The zero-order valence-electron chi connectivity index (χ0n) is 17.8. The molecule has 0 saturated heterocycles. The van der Waals surface area contributed by atoms with Crippen LogP contribution in [0.1, 0.15) is 16.7 Å². The number of hydrogen-bond donors (Lipinski definition) is 2. The summed E-state index contributed by atoms with van der Waals surface area (Å²) in [5.74, 6) is -0.370. The second-order valence-electron chi connectivity index (χ2n) is 7.77. The van der Waals surface area contributed by atoms with Crippen LogP contribution in [-0.2, 0) is 6.54 Å². The van der Waals surface area contributed by atoms with Gasteiger partial charge < -0.3 is 20.1 Å². The molecule has 0 fully saturated rings. The van der Waals surface area contributed by atoms with Crippen LogP contribution in [-0.4, -0.2) is 48.0 Å². The second-order valence-corrected chi connectivity index (χ2v) is 7.77. The minimum absolute atomic E-state index is 0.166. The minimum Gasteiger partial charge on any atom is -0.321 e. The fourth-order valence-corrected chi connectivity index (χ4v) is 3.25. The Morgan fingerprint density at radius 1 is 1.03 bits per heavy atom. The Morgan fingerprint density at radius 3 is 2.37 bits per heavy atom. The molecule has 0 aliphatic heterocycles. The van der Waals surface area contributed by atoms with Crippen molar-refractivity contribution in [2.45, 2.75) is 20.4 Å². The van der Waals surface area contributed by atoms with Gasteiger partial charge in [-0.2, -0.15) is 0 Å². The molecule has 0 radical (unpaired) electrons. The van der Waals surface area contributed by atoms with Crippen molar-refractivity contribution in [1.29, 1.82) is 0 Å². The van der Waals surface area contributed by atoms with E-state index in [1.54, 1.807) is 4.90 Å². The first kappa shape index (κ1) is 21.5. The maximum atomic E-state index is 13.1. The van der Waals surface area contributed by atoms with Gasteiger partial charge in [0.15, 0.2) is 0 Å². The van der Waals surface area contributed by atoms with Crippen molar-refractivity contribution in [2.75, 3.05) is 32.5 Å². The smallest absolute Gasteiger partial charge is 0.321 e. The number of aryl methyl sites for hydroxylation is 2. The van der Waals surface area contributed by atoms with Gasteiger partial charge in [-0.15, -0.1) is 0 Å². The third-order valence-electron chi connectivity index (χ3n) is 5.08. The van der Waals surface area contributed by atoms with Crippen molar-refractivity contribution in [2.24, 2.45) is 0 Å². The highest BCUT2D eigenvalue weighted by atomic mass is 19.1. The Hall–Kier alpha value is -3.19. The maximum absolute atomic E-state index is 13.1. The van der Waals surface area contributed by atoms with E-state index in [2.05, 4.69) is 10.3 Å². The first-order valence-corrected chi connectivity index (χ1v) is 9.83. The molecule has 0 atom stereocenters. The summed E-state index contributed by atoms with van der Waals surface area (Å²) in [4.78, 5) is 32.1. The summed E-state index contributed by atoms with van der Waals surface area (Å²) in [6.07, 6.45) is 0. The molecule has 7 heteroatoms. The van der Waals surface area contributed by atoms with E-state index in [0.717, 1.165) is 22.0 Å². The lowest BCUT2D eigenvalue weighted by Gasteiger charge is -2.25. The molecule has 158 valence electrons. The van der Waals surface area contributed by atoms with E-state index >= 15 is 0 Å². The van der Waals surface area contributed by atoms with Crippen molar-refractivity contribution in [3.05, 3.63) is 75.3 Å². The first-order chi connectivity index (χ1) is 14.2. The van der Waals surface area contributed by atoms with Gasteiger partial charge >= 0.3 is 6.03 Å². The Labute approximate surface area is 175 Å². The number of hydrogen-bond acceptors (Lipinski definition) is 3. The number of fused-ring (bicyclic) bond motifs is 1. The zero-order chi connectivity index (χ0) is 21.8. The van der Waals surface area contributed by atoms with Gasteiger partial charge in [0.2, 0.25) is 0 Å². The molecule has 3 aromatic rings. The Kier molecular flexibility index (Phi) is 6.52. The van der Waals surface area contributed by atoms with Crippen LogP contribution in [0.2, 0.25) is 0 Å². The number of amides is 2. The van der Waals surface area contributed by atoms with Crippen LogP contribution in [0.5, 0.6) is 0 Å². The third kappa shape index (κ3) is 5.04. The molecule has 3 rings (SSSR count). The summed E-state index contributed by atoms with van der Waals surface area (Å²) >= 11 is 0. The summed E-state index contributed by atoms with van der Waals surface area (Å²) in [5, 5.41) is 3.75. The van der Waals surface area contributed by atoms with E-state index in [-0.39, 0.29) is 24.0 Å². The standard InChI is InChI=1S/C23H27FN4O2/c1-15-5-6-16(2)21-20(15)13-17(22(29)26-21)14-28(12-11-27(3)4)23(30)25-19-9-7-18(24)8-10-19/h5-10,13H,11-12,14H2,1-4H3,(H,25,30)(H,26,29). The maximum Gasteiger partial charge on any atom is 0.322 e. The molecule has 1 heterocycles. The molecule has 2 aromatic carbocycles. The van der Waals surface area contributed by atoms with Crippen LogP contribution in [0.3, 0.4) is 0 Å². The molecular weight excluding hydrogens is 383 g/mol. The van der Waals surface area contributed by atoms with E-state index in [0.29, 0.717) is 24.3 Å². The van der Waals surface area contributed by atoms with Crippen molar-refractivity contribution in [3.8, 4) is 0 Å². The number of halogens is 1. The van der Waals surface area contributed by atoms with E-state index in [9.17, 15) is 14.0 Å². The van der Waals surface area contributed by atoms with Crippen LogP contribution in [0.25, 0.3) is 10.9 Å². The molecule has 2 N–H and O–H groups in total. The lowest BCUT2D eigenvalue weighted by molar-refractivity contribution is 0.202. The molecule has 6 nitrogen and oxygen atoms in total. The van der Waals surface area contributed by atoms with Crippen LogP contribution >= 0.6 is 0 Å². The Bertz CT molecular complexity index is 1110. The summed E-state index contributed by atoms with van der Waals surface area (Å²) in [6, 6.07) is 11.1. The molecular formula is C23H27FN4O2. The number of carbonyl (C=O) groups excluding carboxylic acids is 1. The number of nitrogens with zero attached hydrogens (tertiary/aromatic N) is 2. The van der Waals surface area contributed by atoms with E-state index < -0.39 is 0 Å². The normalized spacial score (nSPS) is 11.1. The van der Waals surface area contributed by atoms with Crippen LogP contribution in [0.4, 0.5) is 14.9 Å². The topological polar surface area (TPSA) is 68.4 Å². The molecule has 0 aliphatic rings. The number of rotatable bonds is 6. The Morgan fingerprint density at radius 2 is 1.70 bits per heavy atom. The molecule has 2 amide bonds. The molecule has 30 heavy (non-hydrogen) atoms. The van der Waals surface area contributed by atoms with Crippen LogP contribution in [0.15, 0.2) is 47.3 Å². The number of pyridine rings is 1. The lowest BCUT2D eigenvalue weighted by atomic mass is 10.0. The SMILES string of the molecule is Cc1ccc(C)c2[nH]c(=O)c(CN(CCN(C)C)C(=O)Nc3ccc(F)cc3)cc12. The van der Waals surface area contributed by atoms with Gasteiger partial charge in [-0.3, -0.25) is 4.79 Å². The number of nitrogens with one attached hydrogen (secondary N) is 2. The summed E-state index contributed by atoms with van der Waals surface area (Å²) in [7, 11) is 3.84. The predicted molar refractivity (Wildman–Crippen MR) is 118 cm³/mol. The second kappa shape index (κ2) is 9.09. The number of benzene rings is 2. The summed E-state index contributed by atoms with van der Waals surface area (Å²) in [5.41, 5.74) is 3.68. The van der Waals surface area contributed by atoms with Crippen LogP contribution < -0.4 is 10.9 Å². The highest BCUT2D eigenvalue weighted by molar-refractivity contribution is 5.89.